The summed E-state index contributed by atoms with van der Waals surface area (Å²) in [6.07, 6.45) is -0.933. The lowest BCUT2D eigenvalue weighted by atomic mass is 9.98. The van der Waals surface area contributed by atoms with Gasteiger partial charge in [-0.1, -0.05) is 78.9 Å². The number of nitrogens with one attached hydrogen (secondary N) is 2. The van der Waals surface area contributed by atoms with E-state index in [9.17, 15) is 24.6 Å². The summed E-state index contributed by atoms with van der Waals surface area (Å²) in [6.45, 7) is 0.290. The number of aliphatic hydroxyl groups excluding tert-OH is 1. The van der Waals surface area contributed by atoms with Gasteiger partial charge < -0.3 is 25.6 Å². The summed E-state index contributed by atoms with van der Waals surface area (Å²) in [5.74, 6) is -2.09. The molecule has 9 nitrogen and oxygen atoms in total. The van der Waals surface area contributed by atoms with Gasteiger partial charge in [-0.05, 0) is 34.9 Å². The number of rotatable bonds is 12. The zero-order valence-electron chi connectivity index (χ0n) is 21.7. The summed E-state index contributed by atoms with van der Waals surface area (Å²) in [4.78, 5) is 39.4. The Balaban J connectivity index is 1.44. The number of benzene rings is 3. The minimum Gasteiger partial charge on any atom is -0.480 e. The monoisotopic (exact) mass is 531 g/mol. The highest BCUT2D eigenvalue weighted by molar-refractivity contribution is 5.89. The second-order valence-electron chi connectivity index (χ2n) is 9.62. The van der Waals surface area contributed by atoms with Gasteiger partial charge in [0.05, 0.1) is 0 Å². The van der Waals surface area contributed by atoms with E-state index in [1.54, 1.807) is 7.05 Å². The van der Waals surface area contributed by atoms with Gasteiger partial charge in [0, 0.05) is 32.0 Å². The third-order valence-electron chi connectivity index (χ3n) is 6.77. The van der Waals surface area contributed by atoms with E-state index < -0.39 is 36.7 Å². The van der Waals surface area contributed by atoms with Crippen molar-refractivity contribution in [3.8, 4) is 11.1 Å². The maximum Gasteiger partial charge on any atom is 0.407 e. The molecule has 39 heavy (non-hydrogen) atoms. The normalized spacial score (nSPS) is 13.7. The Hall–Kier alpha value is -4.21. The van der Waals surface area contributed by atoms with Gasteiger partial charge in [0.15, 0.2) is 0 Å². The molecule has 0 fully saturated rings. The van der Waals surface area contributed by atoms with Gasteiger partial charge in [-0.15, -0.1) is 0 Å². The van der Waals surface area contributed by atoms with E-state index in [-0.39, 0.29) is 25.5 Å². The number of carboxylic acid groups (broad SMARTS) is 1. The first-order valence-electron chi connectivity index (χ1n) is 12.9. The number of hydrogen-bond acceptors (Lipinski definition) is 6. The molecule has 0 aromatic heterocycles. The number of aliphatic carboxylic acids is 1. The van der Waals surface area contributed by atoms with E-state index >= 15 is 0 Å². The van der Waals surface area contributed by atoms with E-state index in [2.05, 4.69) is 10.6 Å². The molecule has 0 saturated carbocycles. The quantitative estimate of drug-likeness (QED) is 0.283. The van der Waals surface area contributed by atoms with Crippen LogP contribution in [0.5, 0.6) is 0 Å². The number of fused-ring (bicyclic) bond motifs is 3. The second kappa shape index (κ2) is 13.0. The molecule has 4 N–H and O–H groups in total. The Bertz CT molecular complexity index is 1250. The van der Waals surface area contributed by atoms with Crippen LogP contribution in [0.15, 0.2) is 78.9 Å². The highest BCUT2D eigenvalue weighted by Gasteiger charge is 2.31. The molecule has 2 amide bonds. The zero-order valence-corrected chi connectivity index (χ0v) is 21.7. The molecule has 0 aliphatic heterocycles. The van der Waals surface area contributed by atoms with Crippen molar-refractivity contribution < 1.29 is 29.3 Å². The maximum absolute atomic E-state index is 13.1. The van der Waals surface area contributed by atoms with E-state index in [0.717, 1.165) is 27.8 Å². The van der Waals surface area contributed by atoms with Crippen LogP contribution in [0.25, 0.3) is 11.1 Å². The highest BCUT2D eigenvalue weighted by atomic mass is 16.5. The van der Waals surface area contributed by atoms with Crippen molar-refractivity contribution in [3.63, 3.8) is 0 Å². The molecule has 204 valence electrons. The number of carboxylic acids is 1. The summed E-state index contributed by atoms with van der Waals surface area (Å²) >= 11 is 0. The minimum absolute atomic E-state index is 0.0797. The summed E-state index contributed by atoms with van der Waals surface area (Å²) in [5.41, 5.74) is 5.35. The van der Waals surface area contributed by atoms with Crippen LogP contribution in [0.1, 0.15) is 29.0 Å². The number of likely N-dealkylation sites (N-methyl/N-ethyl adjacent to an activating group) is 1. The van der Waals surface area contributed by atoms with Crippen molar-refractivity contribution in [2.75, 3.05) is 26.8 Å². The minimum atomic E-state index is -1.28. The molecule has 3 aromatic rings. The zero-order chi connectivity index (χ0) is 27.8. The molecular formula is C30H33N3O6. The SMILES string of the molecule is CN(Cc1ccccc1)CC(NC(=O)OCC1c2ccccc2-c2ccccc21)C(=O)N[C@H](CCO)C(=O)O. The average molecular weight is 532 g/mol. The van der Waals surface area contributed by atoms with Crippen molar-refractivity contribution in [3.05, 3.63) is 95.6 Å². The molecule has 0 heterocycles. The number of carbonyl (C=O) groups is 3. The Morgan fingerprint density at radius 1 is 0.872 bits per heavy atom. The predicted molar refractivity (Wildman–Crippen MR) is 146 cm³/mol. The topological polar surface area (TPSA) is 128 Å². The van der Waals surface area contributed by atoms with Crippen molar-refractivity contribution in [2.24, 2.45) is 0 Å². The van der Waals surface area contributed by atoms with Crippen LogP contribution in [-0.4, -0.2) is 72.0 Å². The van der Waals surface area contributed by atoms with Crippen LogP contribution in [0.3, 0.4) is 0 Å². The lowest BCUT2D eigenvalue weighted by Crippen LogP contribution is -2.55. The molecule has 0 bridgehead atoms. The molecule has 1 aliphatic rings. The molecule has 0 spiro atoms. The standard InChI is InChI=1S/C30H33N3O6/c1-33(17-20-9-3-2-4-10-20)18-27(28(35)31-26(15-16-34)29(36)37)32-30(38)39-19-25-23-13-7-5-11-21(23)22-12-6-8-14-24(22)25/h2-14,25-27,34H,15-19H2,1H3,(H,31,35)(H,32,38)(H,36,37)/t26-,27?/m1/s1. The van der Waals surface area contributed by atoms with E-state index in [0.29, 0.717) is 6.54 Å². The number of hydrogen-bond donors (Lipinski definition) is 4. The largest absolute Gasteiger partial charge is 0.480 e. The summed E-state index contributed by atoms with van der Waals surface area (Å²) in [7, 11) is 1.80. The van der Waals surface area contributed by atoms with Crippen LogP contribution >= 0.6 is 0 Å². The van der Waals surface area contributed by atoms with Gasteiger partial charge in [0.2, 0.25) is 5.91 Å². The van der Waals surface area contributed by atoms with Gasteiger partial charge in [-0.2, -0.15) is 0 Å². The van der Waals surface area contributed by atoms with Crippen LogP contribution in [0, 0.1) is 0 Å². The van der Waals surface area contributed by atoms with Gasteiger partial charge in [-0.25, -0.2) is 9.59 Å². The van der Waals surface area contributed by atoms with Crippen LogP contribution in [0.4, 0.5) is 4.79 Å². The smallest absolute Gasteiger partial charge is 0.407 e. The summed E-state index contributed by atoms with van der Waals surface area (Å²) < 4.78 is 5.62. The Kier molecular flexibility index (Phi) is 9.30. The van der Waals surface area contributed by atoms with E-state index in [1.807, 2.05) is 83.8 Å². The first-order valence-corrected chi connectivity index (χ1v) is 12.9. The fourth-order valence-electron chi connectivity index (χ4n) is 4.91. The first kappa shape index (κ1) is 27.8. The maximum atomic E-state index is 13.1. The van der Waals surface area contributed by atoms with Crippen molar-refractivity contribution in [1.29, 1.82) is 0 Å². The van der Waals surface area contributed by atoms with Crippen molar-refractivity contribution in [2.45, 2.75) is 31.0 Å². The van der Waals surface area contributed by atoms with Crippen molar-refractivity contribution >= 4 is 18.0 Å². The fraction of sp³-hybridized carbons (Fsp3) is 0.300. The molecule has 1 unspecified atom stereocenters. The Labute approximate surface area is 227 Å². The molecule has 1 aliphatic carbocycles. The average Bonchev–Trinajstić information content (AvgIpc) is 3.25. The van der Waals surface area contributed by atoms with Gasteiger partial charge >= 0.3 is 12.1 Å². The molecule has 2 atom stereocenters. The van der Waals surface area contributed by atoms with Gasteiger partial charge in [0.1, 0.15) is 18.7 Å². The molecule has 0 radical (unpaired) electrons. The lowest BCUT2D eigenvalue weighted by Gasteiger charge is -2.26. The highest BCUT2D eigenvalue weighted by Crippen LogP contribution is 2.44. The van der Waals surface area contributed by atoms with E-state index in [1.165, 1.54) is 0 Å². The molecule has 0 saturated heterocycles. The number of carbonyl (C=O) groups excluding carboxylic acids is 2. The lowest BCUT2D eigenvalue weighted by molar-refractivity contribution is -0.142. The molecular weight excluding hydrogens is 498 g/mol. The molecule has 3 aromatic carbocycles. The summed E-state index contributed by atoms with van der Waals surface area (Å²) in [6, 6.07) is 23.2. The second-order valence-corrected chi connectivity index (χ2v) is 9.62. The number of alkyl carbamates (subject to hydrolysis) is 1. The van der Waals surface area contributed by atoms with Gasteiger partial charge in [-0.3, -0.25) is 9.69 Å². The Morgan fingerprint density at radius 3 is 2.05 bits per heavy atom. The van der Waals surface area contributed by atoms with Gasteiger partial charge in [0.25, 0.3) is 0 Å². The van der Waals surface area contributed by atoms with E-state index in [4.69, 9.17) is 4.74 Å². The number of aliphatic hydroxyl groups is 1. The Morgan fingerprint density at radius 2 is 1.46 bits per heavy atom. The number of nitrogens with zero attached hydrogens (tertiary/aromatic N) is 1. The third kappa shape index (κ3) is 7.01. The van der Waals surface area contributed by atoms with Crippen LogP contribution in [-0.2, 0) is 20.9 Å². The number of amides is 2. The van der Waals surface area contributed by atoms with Crippen LogP contribution in [0.2, 0.25) is 0 Å². The van der Waals surface area contributed by atoms with Crippen molar-refractivity contribution in [1.82, 2.24) is 15.5 Å². The summed E-state index contributed by atoms with van der Waals surface area (Å²) in [5, 5.41) is 23.6. The predicted octanol–water partition coefficient (Wildman–Crippen LogP) is 2.98. The van der Waals surface area contributed by atoms with Crippen LogP contribution < -0.4 is 10.6 Å². The molecule has 9 heteroatoms. The first-order chi connectivity index (χ1) is 18.9. The third-order valence-corrected chi connectivity index (χ3v) is 6.77. The fourth-order valence-corrected chi connectivity index (χ4v) is 4.91. The molecule has 4 rings (SSSR count). The number of ether oxygens (including phenoxy) is 1.